The van der Waals surface area contributed by atoms with E-state index >= 15 is 0 Å². The molecule has 1 atom stereocenters. The number of benzene rings is 1. The molecule has 5 nitrogen and oxygen atoms in total. The summed E-state index contributed by atoms with van der Waals surface area (Å²) in [6.07, 6.45) is 1.86. The molecule has 1 fully saturated rings. The summed E-state index contributed by atoms with van der Waals surface area (Å²) < 4.78 is 1.98. The Hall–Kier alpha value is -1.88. The smallest absolute Gasteiger partial charge is 0.227 e. The molecule has 1 aromatic carbocycles. The molecule has 2 N–H and O–H groups in total. The van der Waals surface area contributed by atoms with Crippen LogP contribution in [0, 0.1) is 11.8 Å². The normalized spacial score (nSPS) is 17.0. The van der Waals surface area contributed by atoms with Gasteiger partial charge < -0.3 is 10.6 Å². The highest BCUT2D eigenvalue weighted by molar-refractivity contribution is 5.95. The minimum atomic E-state index is 0.0388. The fourth-order valence-electron chi connectivity index (χ4n) is 2.66. The summed E-state index contributed by atoms with van der Waals surface area (Å²) in [5.41, 5.74) is 1.90. The molecule has 21 heavy (non-hydrogen) atoms. The van der Waals surface area contributed by atoms with Crippen LogP contribution in [0.15, 0.2) is 24.4 Å². The zero-order valence-electron chi connectivity index (χ0n) is 12.8. The number of rotatable bonds is 4. The first kappa shape index (κ1) is 14.1. The molecule has 0 spiro atoms. The second-order valence-corrected chi connectivity index (χ2v) is 6.15. The van der Waals surface area contributed by atoms with E-state index < -0.39 is 0 Å². The highest BCUT2D eigenvalue weighted by Gasteiger charge is 2.28. The Morgan fingerprint density at radius 2 is 2.14 bits per heavy atom. The Balaban J connectivity index is 1.80. The summed E-state index contributed by atoms with van der Waals surface area (Å²) >= 11 is 0. The predicted molar refractivity (Wildman–Crippen MR) is 84.3 cm³/mol. The van der Waals surface area contributed by atoms with Gasteiger partial charge in [-0.25, -0.2) is 0 Å². The second-order valence-electron chi connectivity index (χ2n) is 6.15. The van der Waals surface area contributed by atoms with Crippen LogP contribution in [-0.2, 0) is 4.79 Å². The average molecular weight is 286 g/mol. The molecule has 1 amide bonds. The van der Waals surface area contributed by atoms with Crippen LogP contribution in [0.4, 0.5) is 5.69 Å². The summed E-state index contributed by atoms with van der Waals surface area (Å²) in [6, 6.07) is 6.25. The molecule has 5 heteroatoms. The van der Waals surface area contributed by atoms with Crippen molar-refractivity contribution in [1.29, 1.82) is 0 Å². The Kier molecular flexibility index (Phi) is 3.68. The van der Waals surface area contributed by atoms with Crippen LogP contribution < -0.4 is 10.6 Å². The molecular formula is C16H22N4O. The first-order valence-corrected chi connectivity index (χ1v) is 7.55. The molecule has 2 aromatic rings. The van der Waals surface area contributed by atoms with Crippen LogP contribution >= 0.6 is 0 Å². The molecule has 3 rings (SSSR count). The lowest BCUT2D eigenvalue weighted by Gasteiger charge is -2.31. The number of aromatic nitrogens is 2. The Bertz CT molecular complexity index is 657. The largest absolute Gasteiger partial charge is 0.326 e. The third-order valence-corrected chi connectivity index (χ3v) is 4.29. The standard InChI is InChI=1S/C16H22N4O/c1-10(2)20-15-6-14(5-4-12(15)9-18-20)19-16(21)11(3)13-7-17-8-13/h4-6,9-11,13,17H,7-8H2,1-3H3,(H,19,21). The molecular weight excluding hydrogens is 264 g/mol. The van der Waals surface area contributed by atoms with Gasteiger partial charge in [0.2, 0.25) is 5.91 Å². The third-order valence-electron chi connectivity index (χ3n) is 4.29. The second kappa shape index (κ2) is 5.48. The topological polar surface area (TPSA) is 59.0 Å². The van der Waals surface area contributed by atoms with Crippen LogP contribution in [0.1, 0.15) is 26.8 Å². The Labute approximate surface area is 124 Å². The van der Waals surface area contributed by atoms with Crippen LogP contribution in [-0.4, -0.2) is 28.8 Å². The Morgan fingerprint density at radius 3 is 2.76 bits per heavy atom. The molecule has 0 radical (unpaired) electrons. The van der Waals surface area contributed by atoms with Gasteiger partial charge in [-0.3, -0.25) is 9.48 Å². The number of nitrogens with zero attached hydrogens (tertiary/aromatic N) is 2. The maximum absolute atomic E-state index is 12.3. The maximum atomic E-state index is 12.3. The van der Waals surface area contributed by atoms with Gasteiger partial charge in [-0.1, -0.05) is 6.92 Å². The van der Waals surface area contributed by atoms with Crippen LogP contribution in [0.2, 0.25) is 0 Å². The highest BCUT2D eigenvalue weighted by Crippen LogP contribution is 2.23. The third kappa shape index (κ3) is 2.65. The summed E-state index contributed by atoms with van der Waals surface area (Å²) in [6.45, 7) is 8.08. The fraction of sp³-hybridized carbons (Fsp3) is 0.500. The molecule has 112 valence electrons. The molecule has 1 aliphatic heterocycles. The number of hydrogen-bond acceptors (Lipinski definition) is 3. The number of fused-ring (bicyclic) bond motifs is 1. The molecule has 1 saturated heterocycles. The van der Waals surface area contributed by atoms with E-state index in [0.29, 0.717) is 12.0 Å². The van der Waals surface area contributed by atoms with Crippen molar-refractivity contribution in [2.75, 3.05) is 18.4 Å². The van der Waals surface area contributed by atoms with Crippen LogP contribution in [0.25, 0.3) is 10.9 Å². The van der Waals surface area contributed by atoms with E-state index in [1.54, 1.807) is 0 Å². The van der Waals surface area contributed by atoms with Gasteiger partial charge in [0.25, 0.3) is 0 Å². The first-order valence-electron chi connectivity index (χ1n) is 7.55. The van der Waals surface area contributed by atoms with Crippen molar-refractivity contribution in [1.82, 2.24) is 15.1 Å². The lowest BCUT2D eigenvalue weighted by Crippen LogP contribution is -2.48. The monoisotopic (exact) mass is 286 g/mol. The minimum Gasteiger partial charge on any atom is -0.326 e. The molecule has 1 unspecified atom stereocenters. The molecule has 0 saturated carbocycles. The number of amides is 1. The van der Waals surface area contributed by atoms with E-state index in [2.05, 4.69) is 29.6 Å². The van der Waals surface area contributed by atoms with Crippen molar-refractivity contribution in [3.8, 4) is 0 Å². The van der Waals surface area contributed by atoms with E-state index in [1.807, 2.05) is 36.0 Å². The minimum absolute atomic E-state index is 0.0388. The summed E-state index contributed by atoms with van der Waals surface area (Å²) in [5, 5.41) is 11.7. The summed E-state index contributed by atoms with van der Waals surface area (Å²) in [4.78, 5) is 12.3. The van der Waals surface area contributed by atoms with E-state index in [-0.39, 0.29) is 11.8 Å². The lowest BCUT2D eigenvalue weighted by molar-refractivity contribution is -0.121. The number of anilines is 1. The summed E-state index contributed by atoms with van der Waals surface area (Å²) in [5.74, 6) is 0.586. The molecule has 1 aromatic heterocycles. The molecule has 0 bridgehead atoms. The van der Waals surface area contributed by atoms with Gasteiger partial charge in [0.05, 0.1) is 11.7 Å². The van der Waals surface area contributed by atoms with Gasteiger partial charge in [-0.05, 0) is 51.1 Å². The fourth-order valence-corrected chi connectivity index (χ4v) is 2.66. The van der Waals surface area contributed by atoms with Crippen molar-refractivity contribution in [3.05, 3.63) is 24.4 Å². The summed E-state index contributed by atoms with van der Waals surface area (Å²) in [7, 11) is 0. The highest BCUT2D eigenvalue weighted by atomic mass is 16.1. The lowest BCUT2D eigenvalue weighted by atomic mass is 9.88. The zero-order chi connectivity index (χ0) is 15.0. The SMILES string of the molecule is CC(C(=O)Nc1ccc2cnn(C(C)C)c2c1)C1CNC1. The van der Waals surface area contributed by atoms with E-state index in [1.165, 1.54) is 0 Å². The van der Waals surface area contributed by atoms with Gasteiger partial charge in [0, 0.05) is 23.0 Å². The van der Waals surface area contributed by atoms with Gasteiger partial charge in [0.1, 0.15) is 0 Å². The number of carbonyl (C=O) groups is 1. The average Bonchev–Trinajstić information content (AvgIpc) is 2.79. The van der Waals surface area contributed by atoms with Crippen molar-refractivity contribution < 1.29 is 4.79 Å². The number of carbonyl (C=O) groups excluding carboxylic acids is 1. The zero-order valence-corrected chi connectivity index (χ0v) is 12.8. The van der Waals surface area contributed by atoms with Gasteiger partial charge in [0.15, 0.2) is 0 Å². The first-order chi connectivity index (χ1) is 10.1. The maximum Gasteiger partial charge on any atom is 0.227 e. The molecule has 2 heterocycles. The van der Waals surface area contributed by atoms with Crippen LogP contribution in [0.3, 0.4) is 0 Å². The van der Waals surface area contributed by atoms with Crippen LogP contribution in [0.5, 0.6) is 0 Å². The predicted octanol–water partition coefficient (Wildman–Crippen LogP) is 2.41. The van der Waals surface area contributed by atoms with Crippen molar-refractivity contribution in [2.45, 2.75) is 26.8 Å². The molecule has 0 aliphatic carbocycles. The van der Waals surface area contributed by atoms with Gasteiger partial charge in [-0.2, -0.15) is 5.10 Å². The van der Waals surface area contributed by atoms with E-state index in [4.69, 9.17) is 0 Å². The number of nitrogens with one attached hydrogen (secondary N) is 2. The Morgan fingerprint density at radius 1 is 1.38 bits per heavy atom. The van der Waals surface area contributed by atoms with E-state index in [9.17, 15) is 4.79 Å². The van der Waals surface area contributed by atoms with Gasteiger partial charge >= 0.3 is 0 Å². The van der Waals surface area contributed by atoms with Crippen molar-refractivity contribution in [3.63, 3.8) is 0 Å². The van der Waals surface area contributed by atoms with E-state index in [0.717, 1.165) is 29.7 Å². The number of hydrogen-bond donors (Lipinski definition) is 2. The van der Waals surface area contributed by atoms with Crippen molar-refractivity contribution in [2.24, 2.45) is 11.8 Å². The molecule has 1 aliphatic rings. The van der Waals surface area contributed by atoms with Gasteiger partial charge in [-0.15, -0.1) is 0 Å². The quantitative estimate of drug-likeness (QED) is 0.907. The van der Waals surface area contributed by atoms with Crippen molar-refractivity contribution >= 4 is 22.5 Å².